The molecule has 27 heavy (non-hydrogen) atoms. The molecule has 0 aliphatic rings. The maximum atomic E-state index is 14.2. The lowest BCUT2D eigenvalue weighted by Gasteiger charge is -2.10. The Balaban J connectivity index is 1.42. The van der Waals surface area contributed by atoms with Crippen LogP contribution in [0.2, 0.25) is 0 Å². The van der Waals surface area contributed by atoms with E-state index in [9.17, 15) is 4.39 Å². The number of anilines is 4. The Morgan fingerprint density at radius 2 is 1.41 bits per heavy atom. The van der Waals surface area contributed by atoms with Gasteiger partial charge >= 0.3 is 0 Å². The van der Waals surface area contributed by atoms with Crippen LogP contribution in [0.5, 0.6) is 0 Å². The summed E-state index contributed by atoms with van der Waals surface area (Å²) in [6.07, 6.45) is 4.90. The third-order valence-electron chi connectivity index (χ3n) is 4.37. The molecule has 0 radical (unpaired) electrons. The molecule has 0 saturated carbocycles. The van der Waals surface area contributed by atoms with Crippen molar-refractivity contribution in [2.45, 2.75) is 0 Å². The molecule has 132 valence electrons. The van der Waals surface area contributed by atoms with E-state index in [0.717, 1.165) is 39.4 Å². The van der Waals surface area contributed by atoms with E-state index < -0.39 is 5.82 Å². The minimum atomic E-state index is -0.521. The summed E-state index contributed by atoms with van der Waals surface area (Å²) in [6, 6.07) is 15.6. The molecule has 6 nitrogen and oxygen atoms in total. The SMILES string of the molecule is Fc1cnc(Nc2ccc3cc[nH]c3c2)nc1Nc1ccc2cc[nH]c2c1. The van der Waals surface area contributed by atoms with E-state index in [0.29, 0.717) is 5.95 Å². The summed E-state index contributed by atoms with van der Waals surface area (Å²) in [5.41, 5.74) is 3.52. The van der Waals surface area contributed by atoms with Gasteiger partial charge in [0.05, 0.1) is 6.20 Å². The summed E-state index contributed by atoms with van der Waals surface area (Å²) in [5, 5.41) is 8.33. The Morgan fingerprint density at radius 3 is 2.07 bits per heavy atom. The van der Waals surface area contributed by atoms with E-state index in [4.69, 9.17) is 0 Å². The number of H-pyrrole nitrogens is 2. The van der Waals surface area contributed by atoms with Gasteiger partial charge in [-0.3, -0.25) is 0 Å². The van der Waals surface area contributed by atoms with Crippen molar-refractivity contribution in [2.24, 2.45) is 0 Å². The van der Waals surface area contributed by atoms with E-state index in [1.54, 1.807) is 0 Å². The average molecular weight is 358 g/mol. The zero-order valence-electron chi connectivity index (χ0n) is 14.1. The summed E-state index contributed by atoms with van der Waals surface area (Å²) < 4.78 is 14.2. The Morgan fingerprint density at radius 1 is 0.778 bits per heavy atom. The van der Waals surface area contributed by atoms with Crippen molar-refractivity contribution in [1.82, 2.24) is 19.9 Å². The molecule has 2 aromatic carbocycles. The Hall–Kier alpha value is -3.87. The molecule has 0 fully saturated rings. The lowest BCUT2D eigenvalue weighted by Crippen LogP contribution is -2.03. The second-order valence-electron chi connectivity index (χ2n) is 6.20. The minimum absolute atomic E-state index is 0.111. The maximum Gasteiger partial charge on any atom is 0.229 e. The van der Waals surface area contributed by atoms with Gasteiger partial charge in [0.25, 0.3) is 0 Å². The third-order valence-corrected chi connectivity index (χ3v) is 4.37. The van der Waals surface area contributed by atoms with Crippen LogP contribution in [0, 0.1) is 5.82 Å². The second-order valence-corrected chi connectivity index (χ2v) is 6.20. The Kier molecular flexibility index (Phi) is 3.50. The number of hydrogen-bond donors (Lipinski definition) is 4. The summed E-state index contributed by atoms with van der Waals surface area (Å²) in [5.74, 6) is -0.0999. The molecule has 0 atom stereocenters. The van der Waals surface area contributed by atoms with Crippen molar-refractivity contribution in [2.75, 3.05) is 10.6 Å². The highest BCUT2D eigenvalue weighted by molar-refractivity contribution is 5.84. The molecule has 5 rings (SSSR count). The second kappa shape index (κ2) is 6.14. The topological polar surface area (TPSA) is 81.4 Å². The molecule has 0 spiro atoms. The Bertz CT molecular complexity index is 1260. The monoisotopic (exact) mass is 358 g/mol. The predicted octanol–water partition coefficient (Wildman–Crippen LogP) is 5.07. The standard InChI is InChI=1S/C20H15FN6/c21-16-11-24-20(26-15-4-2-13-6-8-23-18(13)10-15)27-19(16)25-14-3-1-12-5-7-22-17(12)9-14/h1-11,22-23H,(H2,24,25,26,27). The first kappa shape index (κ1) is 15.4. The molecule has 0 bridgehead atoms. The fraction of sp³-hybridized carbons (Fsp3) is 0. The lowest BCUT2D eigenvalue weighted by molar-refractivity contribution is 0.619. The molecule has 0 unspecified atom stereocenters. The fourth-order valence-electron chi connectivity index (χ4n) is 3.03. The number of nitrogens with zero attached hydrogens (tertiary/aromatic N) is 2. The van der Waals surface area contributed by atoms with E-state index in [-0.39, 0.29) is 5.82 Å². The van der Waals surface area contributed by atoms with Gasteiger partial charge in [0.1, 0.15) is 0 Å². The van der Waals surface area contributed by atoms with Gasteiger partial charge in [0.15, 0.2) is 11.6 Å². The molecule has 0 aliphatic carbocycles. The van der Waals surface area contributed by atoms with E-state index >= 15 is 0 Å². The zero-order chi connectivity index (χ0) is 18.2. The number of hydrogen-bond acceptors (Lipinski definition) is 4. The molecule has 4 N–H and O–H groups in total. The van der Waals surface area contributed by atoms with Crippen LogP contribution >= 0.6 is 0 Å². The van der Waals surface area contributed by atoms with Gasteiger partial charge in [0, 0.05) is 34.8 Å². The predicted molar refractivity (Wildman–Crippen MR) is 105 cm³/mol. The van der Waals surface area contributed by atoms with Crippen LogP contribution in [0.4, 0.5) is 27.5 Å². The van der Waals surface area contributed by atoms with Gasteiger partial charge in [-0.1, -0.05) is 12.1 Å². The smallest absolute Gasteiger partial charge is 0.229 e. The van der Waals surface area contributed by atoms with Crippen molar-refractivity contribution in [1.29, 1.82) is 0 Å². The van der Waals surface area contributed by atoms with Gasteiger partial charge < -0.3 is 20.6 Å². The number of aromatic nitrogens is 4. The van der Waals surface area contributed by atoms with Crippen LogP contribution in [0.25, 0.3) is 21.8 Å². The zero-order valence-corrected chi connectivity index (χ0v) is 14.1. The molecule has 0 amide bonds. The van der Waals surface area contributed by atoms with Crippen LogP contribution < -0.4 is 10.6 Å². The molecule has 0 aliphatic heterocycles. The number of rotatable bonds is 4. The van der Waals surface area contributed by atoms with Crippen molar-refractivity contribution in [3.8, 4) is 0 Å². The van der Waals surface area contributed by atoms with Gasteiger partial charge in [-0.05, 0) is 47.2 Å². The number of aromatic amines is 2. The molecular weight excluding hydrogens is 343 g/mol. The summed E-state index contributed by atoms with van der Waals surface area (Å²) >= 11 is 0. The minimum Gasteiger partial charge on any atom is -0.361 e. The fourth-order valence-corrected chi connectivity index (χ4v) is 3.03. The van der Waals surface area contributed by atoms with Crippen molar-refractivity contribution in [3.63, 3.8) is 0 Å². The largest absolute Gasteiger partial charge is 0.361 e. The van der Waals surface area contributed by atoms with Crippen LogP contribution in [0.15, 0.2) is 67.1 Å². The molecule has 5 aromatic rings. The van der Waals surface area contributed by atoms with Crippen LogP contribution in [0.3, 0.4) is 0 Å². The molecule has 0 saturated heterocycles. The quantitative estimate of drug-likeness (QED) is 0.362. The number of fused-ring (bicyclic) bond motifs is 2. The first-order valence-corrected chi connectivity index (χ1v) is 8.45. The average Bonchev–Trinajstić information content (AvgIpc) is 3.32. The van der Waals surface area contributed by atoms with Gasteiger partial charge in [0.2, 0.25) is 5.95 Å². The summed E-state index contributed by atoms with van der Waals surface area (Å²) in [6.45, 7) is 0. The lowest BCUT2D eigenvalue weighted by atomic mass is 10.2. The summed E-state index contributed by atoms with van der Waals surface area (Å²) in [4.78, 5) is 14.6. The molecular formula is C20H15FN6. The van der Waals surface area contributed by atoms with Crippen LogP contribution in [-0.2, 0) is 0 Å². The first-order chi connectivity index (χ1) is 13.2. The molecule has 3 aromatic heterocycles. The number of benzene rings is 2. The van der Waals surface area contributed by atoms with Crippen molar-refractivity contribution >= 4 is 44.9 Å². The van der Waals surface area contributed by atoms with Gasteiger partial charge in [-0.25, -0.2) is 9.37 Å². The van der Waals surface area contributed by atoms with E-state index in [1.807, 2.05) is 60.9 Å². The van der Waals surface area contributed by atoms with Gasteiger partial charge in [-0.2, -0.15) is 4.98 Å². The number of nitrogens with one attached hydrogen (secondary N) is 4. The van der Waals surface area contributed by atoms with E-state index in [2.05, 4.69) is 30.6 Å². The highest BCUT2D eigenvalue weighted by atomic mass is 19.1. The normalized spacial score (nSPS) is 11.1. The summed E-state index contributed by atoms with van der Waals surface area (Å²) in [7, 11) is 0. The van der Waals surface area contributed by atoms with E-state index in [1.165, 1.54) is 0 Å². The van der Waals surface area contributed by atoms with Crippen LogP contribution in [-0.4, -0.2) is 19.9 Å². The third kappa shape index (κ3) is 2.95. The van der Waals surface area contributed by atoms with Crippen molar-refractivity contribution < 1.29 is 4.39 Å². The maximum absolute atomic E-state index is 14.2. The molecule has 7 heteroatoms. The van der Waals surface area contributed by atoms with Crippen LogP contribution in [0.1, 0.15) is 0 Å². The highest BCUT2D eigenvalue weighted by Gasteiger charge is 2.09. The first-order valence-electron chi connectivity index (χ1n) is 8.45. The highest BCUT2D eigenvalue weighted by Crippen LogP contribution is 2.24. The van der Waals surface area contributed by atoms with Gasteiger partial charge in [-0.15, -0.1) is 0 Å². The number of halogens is 1. The Labute approximate surface area is 153 Å². The van der Waals surface area contributed by atoms with Crippen molar-refractivity contribution in [3.05, 3.63) is 72.9 Å². The molecule has 3 heterocycles.